The van der Waals surface area contributed by atoms with Crippen LogP contribution in [0.15, 0.2) is 24.5 Å². The second-order valence-corrected chi connectivity index (χ2v) is 10.9. The Hall–Kier alpha value is -2.45. The van der Waals surface area contributed by atoms with Crippen molar-refractivity contribution in [2.75, 3.05) is 37.4 Å². The first-order valence-corrected chi connectivity index (χ1v) is 14.0. The van der Waals surface area contributed by atoms with Crippen LogP contribution in [0, 0.1) is 5.92 Å². The van der Waals surface area contributed by atoms with Gasteiger partial charge in [-0.3, -0.25) is 0 Å². The molecule has 0 amide bonds. The van der Waals surface area contributed by atoms with E-state index < -0.39 is 0 Å². The first kappa shape index (κ1) is 25.2. The van der Waals surface area contributed by atoms with Crippen molar-refractivity contribution in [1.29, 1.82) is 0 Å². The number of likely N-dealkylation sites (tertiary alicyclic amines) is 1. The van der Waals surface area contributed by atoms with Crippen molar-refractivity contribution in [1.82, 2.24) is 19.9 Å². The van der Waals surface area contributed by atoms with Gasteiger partial charge in [0.2, 0.25) is 11.8 Å². The number of methoxy groups -OCH3 is 1. The van der Waals surface area contributed by atoms with E-state index in [-0.39, 0.29) is 6.10 Å². The molecule has 1 aliphatic heterocycles. The number of rotatable bonds is 8. The summed E-state index contributed by atoms with van der Waals surface area (Å²) < 4.78 is 5.25. The summed E-state index contributed by atoms with van der Waals surface area (Å²) in [7, 11) is 1.61. The maximum Gasteiger partial charge on any atom is 0.229 e. The SMILES string of the molecule is COc1cc(Nc2ncc(C3CCN(CC4CCCCC4)CC3)c(N[C@H]3CC[C@H](O)CC3)n2)ccn1. The molecule has 0 radical (unpaired) electrons. The van der Waals surface area contributed by atoms with Gasteiger partial charge in [-0.1, -0.05) is 19.3 Å². The Morgan fingerprint density at radius 2 is 1.78 bits per heavy atom. The minimum Gasteiger partial charge on any atom is -0.481 e. The molecule has 2 saturated carbocycles. The summed E-state index contributed by atoms with van der Waals surface area (Å²) in [5, 5.41) is 17.0. The van der Waals surface area contributed by atoms with Crippen LogP contribution in [0.25, 0.3) is 0 Å². The van der Waals surface area contributed by atoms with E-state index in [0.717, 1.165) is 69.0 Å². The number of hydrogen-bond acceptors (Lipinski definition) is 8. The zero-order valence-corrected chi connectivity index (χ0v) is 21.7. The molecule has 36 heavy (non-hydrogen) atoms. The number of aliphatic hydroxyl groups is 1. The molecule has 0 aromatic carbocycles. The average molecular weight is 495 g/mol. The van der Waals surface area contributed by atoms with Crippen molar-refractivity contribution < 1.29 is 9.84 Å². The minimum absolute atomic E-state index is 0.166. The van der Waals surface area contributed by atoms with Crippen LogP contribution in [0.1, 0.15) is 82.1 Å². The monoisotopic (exact) mass is 494 g/mol. The van der Waals surface area contributed by atoms with Gasteiger partial charge < -0.3 is 25.4 Å². The first-order chi connectivity index (χ1) is 17.7. The van der Waals surface area contributed by atoms with Gasteiger partial charge in [0.25, 0.3) is 0 Å². The standard InChI is InChI=1S/C28H42N6O2/c1-36-26-17-23(11-14-29-26)32-28-30-18-25(27(33-28)31-22-7-9-24(35)10-8-22)21-12-15-34(16-13-21)19-20-5-3-2-4-6-20/h11,14,17-18,20-22,24,35H,2-10,12-13,15-16,19H2,1H3,(H2,29,30,31,32,33)/t22-,24-. The maximum atomic E-state index is 9.96. The lowest BCUT2D eigenvalue weighted by Gasteiger charge is -2.36. The summed E-state index contributed by atoms with van der Waals surface area (Å²) in [4.78, 5) is 16.5. The predicted molar refractivity (Wildman–Crippen MR) is 143 cm³/mol. The van der Waals surface area contributed by atoms with E-state index in [9.17, 15) is 5.11 Å². The van der Waals surface area contributed by atoms with Gasteiger partial charge >= 0.3 is 0 Å². The van der Waals surface area contributed by atoms with E-state index in [1.54, 1.807) is 13.3 Å². The molecule has 8 heteroatoms. The van der Waals surface area contributed by atoms with Crippen LogP contribution in [0.3, 0.4) is 0 Å². The highest BCUT2D eigenvalue weighted by molar-refractivity contribution is 5.57. The van der Waals surface area contributed by atoms with E-state index >= 15 is 0 Å². The largest absolute Gasteiger partial charge is 0.481 e. The second-order valence-electron chi connectivity index (χ2n) is 10.9. The van der Waals surface area contributed by atoms with Gasteiger partial charge in [0.15, 0.2) is 0 Å². The summed E-state index contributed by atoms with van der Waals surface area (Å²) in [6, 6.07) is 4.06. The number of pyridine rings is 1. The van der Waals surface area contributed by atoms with Crippen LogP contribution in [-0.2, 0) is 0 Å². The van der Waals surface area contributed by atoms with E-state index in [1.807, 2.05) is 18.3 Å². The summed E-state index contributed by atoms with van der Waals surface area (Å²) in [5.74, 6) is 3.44. The lowest BCUT2D eigenvalue weighted by molar-refractivity contribution is 0.126. The summed E-state index contributed by atoms with van der Waals surface area (Å²) >= 11 is 0. The van der Waals surface area contributed by atoms with Crippen molar-refractivity contribution in [3.05, 3.63) is 30.1 Å². The van der Waals surface area contributed by atoms with E-state index in [0.29, 0.717) is 23.8 Å². The molecule has 3 N–H and O–H groups in total. The average Bonchev–Trinajstić information content (AvgIpc) is 2.91. The van der Waals surface area contributed by atoms with Gasteiger partial charge in [0.05, 0.1) is 13.2 Å². The number of hydrogen-bond donors (Lipinski definition) is 3. The normalized spacial score (nSPS) is 24.4. The molecule has 2 aromatic heterocycles. The molecule has 196 valence electrons. The Kier molecular flexibility index (Phi) is 8.54. The van der Waals surface area contributed by atoms with Gasteiger partial charge in [-0.15, -0.1) is 0 Å². The predicted octanol–water partition coefficient (Wildman–Crippen LogP) is 5.10. The molecule has 3 heterocycles. The Labute approximate surface area is 215 Å². The van der Waals surface area contributed by atoms with E-state index in [4.69, 9.17) is 14.7 Å². The molecule has 0 unspecified atom stereocenters. The highest BCUT2D eigenvalue weighted by Crippen LogP contribution is 2.35. The first-order valence-electron chi connectivity index (χ1n) is 14.0. The smallest absolute Gasteiger partial charge is 0.229 e. The van der Waals surface area contributed by atoms with Gasteiger partial charge in [-0.2, -0.15) is 4.98 Å². The van der Waals surface area contributed by atoms with E-state index in [2.05, 4.69) is 20.5 Å². The third kappa shape index (κ3) is 6.65. The number of piperidine rings is 1. The topological polar surface area (TPSA) is 95.4 Å². The van der Waals surface area contributed by atoms with Crippen molar-refractivity contribution in [2.45, 2.75) is 88.7 Å². The molecule has 1 saturated heterocycles. The lowest BCUT2D eigenvalue weighted by atomic mass is 9.86. The third-order valence-corrected chi connectivity index (χ3v) is 8.32. The van der Waals surface area contributed by atoms with Crippen LogP contribution in [0.5, 0.6) is 5.88 Å². The number of ether oxygens (including phenoxy) is 1. The molecule has 0 atom stereocenters. The Morgan fingerprint density at radius 3 is 2.53 bits per heavy atom. The second kappa shape index (κ2) is 12.2. The molecule has 2 aromatic rings. The van der Waals surface area contributed by atoms with Crippen molar-refractivity contribution in [3.8, 4) is 5.88 Å². The quantitative estimate of drug-likeness (QED) is 0.467. The fourth-order valence-electron chi connectivity index (χ4n) is 6.17. The number of aliphatic hydroxyl groups excluding tert-OH is 1. The number of aromatic nitrogens is 3. The number of nitrogens with zero attached hydrogens (tertiary/aromatic N) is 4. The van der Waals surface area contributed by atoms with Crippen LogP contribution in [-0.4, -0.2) is 63.8 Å². The summed E-state index contributed by atoms with van der Waals surface area (Å²) in [5.41, 5.74) is 2.08. The summed E-state index contributed by atoms with van der Waals surface area (Å²) in [6.07, 6.45) is 16.6. The molecule has 3 fully saturated rings. The number of anilines is 3. The molecule has 0 spiro atoms. The summed E-state index contributed by atoms with van der Waals surface area (Å²) in [6.45, 7) is 3.59. The number of nitrogens with one attached hydrogen (secondary N) is 2. The third-order valence-electron chi connectivity index (χ3n) is 8.32. The van der Waals surface area contributed by atoms with Gasteiger partial charge in [-0.05, 0) is 82.4 Å². The van der Waals surface area contributed by atoms with Crippen LogP contribution >= 0.6 is 0 Å². The maximum absolute atomic E-state index is 9.96. The fraction of sp³-hybridized carbons (Fsp3) is 0.679. The molecule has 8 nitrogen and oxygen atoms in total. The molecular formula is C28H42N6O2. The highest BCUT2D eigenvalue weighted by Gasteiger charge is 2.27. The van der Waals surface area contributed by atoms with Gasteiger partial charge in [0, 0.05) is 42.3 Å². The Morgan fingerprint density at radius 1 is 1.00 bits per heavy atom. The molecular weight excluding hydrogens is 452 g/mol. The van der Waals surface area contributed by atoms with Crippen molar-refractivity contribution in [2.24, 2.45) is 5.92 Å². The zero-order valence-electron chi connectivity index (χ0n) is 21.7. The van der Waals surface area contributed by atoms with Crippen LogP contribution < -0.4 is 15.4 Å². The van der Waals surface area contributed by atoms with E-state index in [1.165, 1.54) is 44.2 Å². The zero-order chi connectivity index (χ0) is 24.7. The minimum atomic E-state index is -0.166. The molecule has 2 aliphatic carbocycles. The van der Waals surface area contributed by atoms with Gasteiger partial charge in [0.1, 0.15) is 5.82 Å². The van der Waals surface area contributed by atoms with Crippen molar-refractivity contribution >= 4 is 17.5 Å². The lowest BCUT2D eigenvalue weighted by Crippen LogP contribution is -2.37. The highest BCUT2D eigenvalue weighted by atomic mass is 16.5. The Bertz CT molecular complexity index is 966. The Balaban J connectivity index is 1.28. The molecule has 5 rings (SSSR count). The van der Waals surface area contributed by atoms with Gasteiger partial charge in [-0.25, -0.2) is 9.97 Å². The molecule has 0 bridgehead atoms. The molecule has 3 aliphatic rings. The van der Waals surface area contributed by atoms with Crippen LogP contribution in [0.4, 0.5) is 17.5 Å². The van der Waals surface area contributed by atoms with Crippen LogP contribution in [0.2, 0.25) is 0 Å². The fourth-order valence-corrected chi connectivity index (χ4v) is 6.17. The van der Waals surface area contributed by atoms with Crippen molar-refractivity contribution in [3.63, 3.8) is 0 Å².